The summed E-state index contributed by atoms with van der Waals surface area (Å²) in [7, 11) is -0.995. The van der Waals surface area contributed by atoms with Crippen LogP contribution in [-0.4, -0.2) is 45.0 Å². The van der Waals surface area contributed by atoms with E-state index in [9.17, 15) is 4.79 Å². The molecular weight excluding hydrogens is 370 g/mol. The standard InChI is InChI=1S/C19H29ClNO4Si/c1-18(2,3)13-19(4,25-26(5)6)21-11-16(24-17(21)22)12-23-15-9-7-8-14(20)10-15/h7-10,16H,11-13H2,1-6H3/t16-,19-/m1/s1. The predicted octanol–water partition coefficient (Wildman–Crippen LogP) is 4.96. The Balaban J connectivity index is 2.05. The lowest BCUT2D eigenvalue weighted by atomic mass is 9.86. The second-order valence-corrected chi connectivity index (χ2v) is 10.8. The van der Waals surface area contributed by atoms with Crippen LogP contribution >= 0.6 is 11.6 Å². The Labute approximate surface area is 163 Å². The number of benzene rings is 1. The molecule has 1 radical (unpaired) electrons. The number of rotatable bonds is 7. The van der Waals surface area contributed by atoms with Gasteiger partial charge in [-0.3, -0.25) is 4.90 Å². The summed E-state index contributed by atoms with van der Waals surface area (Å²) in [6.45, 7) is 13.3. The SMILES string of the molecule is C[Si](C)O[C@](C)(CC(C)(C)C)N1C[C@H](COc2cccc(Cl)c2)OC1=O. The van der Waals surface area contributed by atoms with Gasteiger partial charge < -0.3 is 13.9 Å². The number of hydrogen-bond donors (Lipinski definition) is 0. The fourth-order valence-electron chi connectivity index (χ4n) is 3.35. The third-order valence-corrected chi connectivity index (χ3v) is 5.04. The molecule has 2 rings (SSSR count). The topological polar surface area (TPSA) is 48.0 Å². The quantitative estimate of drug-likeness (QED) is 0.609. The van der Waals surface area contributed by atoms with E-state index in [0.717, 1.165) is 6.42 Å². The average molecular weight is 399 g/mol. The van der Waals surface area contributed by atoms with Crippen LogP contribution in [-0.2, 0) is 9.16 Å². The molecule has 5 nitrogen and oxygen atoms in total. The summed E-state index contributed by atoms with van der Waals surface area (Å²) in [6, 6.07) is 7.18. The predicted molar refractivity (Wildman–Crippen MR) is 105 cm³/mol. The molecule has 7 heteroatoms. The molecule has 1 saturated heterocycles. The molecule has 0 bridgehead atoms. The van der Waals surface area contributed by atoms with Crippen molar-refractivity contribution in [2.75, 3.05) is 13.2 Å². The summed E-state index contributed by atoms with van der Waals surface area (Å²) in [5.74, 6) is 0.660. The van der Waals surface area contributed by atoms with Gasteiger partial charge >= 0.3 is 6.09 Å². The number of ether oxygens (including phenoxy) is 2. The summed E-state index contributed by atoms with van der Waals surface area (Å²) >= 11 is 5.97. The largest absolute Gasteiger partial charge is 0.490 e. The molecule has 1 heterocycles. The Bertz CT molecular complexity index is 634. The molecule has 1 aromatic carbocycles. The van der Waals surface area contributed by atoms with Crippen LogP contribution in [0.2, 0.25) is 18.1 Å². The van der Waals surface area contributed by atoms with E-state index in [1.165, 1.54) is 0 Å². The van der Waals surface area contributed by atoms with Gasteiger partial charge in [-0.1, -0.05) is 38.4 Å². The monoisotopic (exact) mass is 398 g/mol. The maximum atomic E-state index is 12.5. The summed E-state index contributed by atoms with van der Waals surface area (Å²) in [6.07, 6.45) is 0.0424. The van der Waals surface area contributed by atoms with Crippen molar-refractivity contribution in [1.82, 2.24) is 4.90 Å². The van der Waals surface area contributed by atoms with E-state index in [2.05, 4.69) is 33.9 Å². The van der Waals surface area contributed by atoms with Crippen LogP contribution in [0.4, 0.5) is 4.79 Å². The van der Waals surface area contributed by atoms with E-state index in [0.29, 0.717) is 17.3 Å². The van der Waals surface area contributed by atoms with Gasteiger partial charge in [-0.15, -0.1) is 0 Å². The molecule has 0 saturated carbocycles. The highest BCUT2D eigenvalue weighted by Gasteiger charge is 2.46. The molecule has 0 spiro atoms. The number of nitrogens with zero attached hydrogens (tertiary/aromatic N) is 1. The zero-order valence-electron chi connectivity index (χ0n) is 16.5. The van der Waals surface area contributed by atoms with Gasteiger partial charge in [0.05, 0.1) is 6.54 Å². The van der Waals surface area contributed by atoms with Gasteiger partial charge in [0, 0.05) is 5.02 Å². The van der Waals surface area contributed by atoms with Crippen LogP contribution in [0.25, 0.3) is 0 Å². The highest BCUT2D eigenvalue weighted by atomic mass is 35.5. The van der Waals surface area contributed by atoms with Gasteiger partial charge in [0.1, 0.15) is 18.1 Å². The first-order valence-electron chi connectivity index (χ1n) is 8.84. The van der Waals surface area contributed by atoms with Crippen molar-refractivity contribution in [2.24, 2.45) is 5.41 Å². The lowest BCUT2D eigenvalue weighted by molar-refractivity contribution is -0.0663. The maximum absolute atomic E-state index is 12.5. The fourth-order valence-corrected chi connectivity index (χ4v) is 4.59. The van der Waals surface area contributed by atoms with Gasteiger partial charge in [-0.25, -0.2) is 4.79 Å². The van der Waals surface area contributed by atoms with E-state index < -0.39 is 14.8 Å². The van der Waals surface area contributed by atoms with Gasteiger partial charge in [0.25, 0.3) is 0 Å². The maximum Gasteiger partial charge on any atom is 0.412 e. The Morgan fingerprint density at radius 3 is 2.58 bits per heavy atom. The van der Waals surface area contributed by atoms with Crippen molar-refractivity contribution in [3.63, 3.8) is 0 Å². The first-order chi connectivity index (χ1) is 12.0. The third kappa shape index (κ3) is 5.89. The molecule has 1 amide bonds. The van der Waals surface area contributed by atoms with Crippen molar-refractivity contribution in [1.29, 1.82) is 0 Å². The highest BCUT2D eigenvalue weighted by molar-refractivity contribution is 6.48. The number of carbonyl (C=O) groups excluding carboxylic acids is 1. The lowest BCUT2D eigenvalue weighted by Crippen LogP contribution is -2.53. The van der Waals surface area contributed by atoms with Gasteiger partial charge in [-0.05, 0) is 50.1 Å². The molecule has 1 fully saturated rings. The number of halogens is 1. The van der Waals surface area contributed by atoms with E-state index in [1.54, 1.807) is 17.0 Å². The minimum absolute atomic E-state index is 0.0156. The van der Waals surface area contributed by atoms with E-state index in [-0.39, 0.29) is 24.2 Å². The summed E-state index contributed by atoms with van der Waals surface area (Å²) in [5, 5.41) is 0.610. The van der Waals surface area contributed by atoms with Crippen molar-refractivity contribution in [3.8, 4) is 5.75 Å². The Kier molecular flexibility index (Phi) is 6.63. The van der Waals surface area contributed by atoms with E-state index in [4.69, 9.17) is 25.5 Å². The average Bonchev–Trinajstić information content (AvgIpc) is 2.84. The minimum Gasteiger partial charge on any atom is -0.490 e. The third-order valence-electron chi connectivity index (χ3n) is 3.96. The van der Waals surface area contributed by atoms with Crippen LogP contribution in [0, 0.1) is 5.41 Å². The molecule has 145 valence electrons. The van der Waals surface area contributed by atoms with Crippen molar-refractivity contribution in [3.05, 3.63) is 29.3 Å². The van der Waals surface area contributed by atoms with Crippen LogP contribution in [0.3, 0.4) is 0 Å². The lowest BCUT2D eigenvalue weighted by Gasteiger charge is -2.42. The van der Waals surface area contributed by atoms with Crippen molar-refractivity contribution in [2.45, 2.75) is 59.0 Å². The van der Waals surface area contributed by atoms with Crippen LogP contribution < -0.4 is 4.74 Å². The van der Waals surface area contributed by atoms with Crippen LogP contribution in [0.15, 0.2) is 24.3 Å². The number of cyclic esters (lactones) is 1. The smallest absolute Gasteiger partial charge is 0.412 e. The van der Waals surface area contributed by atoms with Crippen molar-refractivity contribution >= 4 is 26.7 Å². The minimum atomic E-state index is -0.995. The fraction of sp³-hybridized carbons (Fsp3) is 0.632. The molecular formula is C19H29ClNO4Si. The molecule has 26 heavy (non-hydrogen) atoms. The number of amides is 1. The highest BCUT2D eigenvalue weighted by Crippen LogP contribution is 2.35. The number of carbonyl (C=O) groups is 1. The summed E-state index contributed by atoms with van der Waals surface area (Å²) < 4.78 is 17.5. The van der Waals surface area contributed by atoms with Gasteiger partial charge in [0.2, 0.25) is 9.04 Å². The second kappa shape index (κ2) is 8.19. The van der Waals surface area contributed by atoms with Crippen LogP contribution in [0.1, 0.15) is 34.1 Å². The second-order valence-electron chi connectivity index (χ2n) is 8.31. The molecule has 2 atom stereocenters. The zero-order valence-corrected chi connectivity index (χ0v) is 18.2. The summed E-state index contributed by atoms with van der Waals surface area (Å²) in [5.41, 5.74) is -0.667. The van der Waals surface area contributed by atoms with Crippen LogP contribution in [0.5, 0.6) is 5.75 Å². The first kappa shape index (κ1) is 21.1. The summed E-state index contributed by atoms with van der Waals surface area (Å²) in [4.78, 5) is 14.2. The molecule has 0 unspecified atom stereocenters. The van der Waals surface area contributed by atoms with Crippen molar-refractivity contribution < 1.29 is 18.7 Å². The van der Waals surface area contributed by atoms with E-state index >= 15 is 0 Å². The first-order valence-corrected chi connectivity index (χ1v) is 11.6. The Hall–Kier alpha value is -1.24. The molecule has 1 aromatic rings. The Morgan fingerprint density at radius 2 is 2.00 bits per heavy atom. The zero-order chi connectivity index (χ0) is 19.5. The van der Waals surface area contributed by atoms with Gasteiger partial charge in [0.15, 0.2) is 6.10 Å². The number of hydrogen-bond acceptors (Lipinski definition) is 4. The molecule has 0 aliphatic carbocycles. The van der Waals surface area contributed by atoms with Gasteiger partial charge in [-0.2, -0.15) is 0 Å². The normalized spacial score (nSPS) is 20.2. The Morgan fingerprint density at radius 1 is 1.31 bits per heavy atom. The van der Waals surface area contributed by atoms with E-state index in [1.807, 2.05) is 19.1 Å². The molecule has 1 aliphatic heterocycles. The molecule has 0 N–H and O–H groups in total. The molecule has 1 aliphatic rings. The molecule has 0 aromatic heterocycles.